The second-order valence-corrected chi connectivity index (χ2v) is 6.60. The molecule has 24 heavy (non-hydrogen) atoms. The minimum Gasteiger partial charge on any atom is -0.475 e. The Labute approximate surface area is 140 Å². The SMILES string of the molecule is O=C(O)c1ccc(CN2CC3(CCNCC3)Nc3ccccc32)o1. The smallest absolute Gasteiger partial charge is 0.371 e. The topological polar surface area (TPSA) is 77.7 Å². The fourth-order valence-electron chi connectivity index (χ4n) is 3.73. The number of carbonyl (C=O) groups is 1. The molecule has 6 nitrogen and oxygen atoms in total. The number of nitrogens with zero attached hydrogens (tertiary/aromatic N) is 1. The molecule has 2 aliphatic heterocycles. The van der Waals surface area contributed by atoms with Gasteiger partial charge >= 0.3 is 5.97 Å². The molecule has 1 saturated heterocycles. The molecule has 0 amide bonds. The summed E-state index contributed by atoms with van der Waals surface area (Å²) in [7, 11) is 0. The Kier molecular flexibility index (Phi) is 3.69. The Hall–Kier alpha value is -2.47. The van der Waals surface area contributed by atoms with E-state index in [-0.39, 0.29) is 11.3 Å². The van der Waals surface area contributed by atoms with Crippen LogP contribution in [0.5, 0.6) is 0 Å². The molecule has 0 aliphatic carbocycles. The van der Waals surface area contributed by atoms with Gasteiger partial charge in [0.25, 0.3) is 0 Å². The Balaban J connectivity index is 1.63. The van der Waals surface area contributed by atoms with Crippen molar-refractivity contribution in [1.82, 2.24) is 5.32 Å². The molecule has 1 fully saturated rings. The molecule has 4 rings (SSSR count). The molecular weight excluding hydrogens is 306 g/mol. The first-order chi connectivity index (χ1) is 11.7. The number of furan rings is 1. The summed E-state index contributed by atoms with van der Waals surface area (Å²) >= 11 is 0. The molecule has 2 aromatic rings. The van der Waals surface area contributed by atoms with Gasteiger partial charge in [-0.05, 0) is 50.2 Å². The standard InChI is InChI=1S/C18H21N3O3/c22-17(23)16-6-5-13(24-16)11-21-12-18(7-9-19-10-8-18)20-14-3-1-2-4-15(14)21/h1-6,19-20H,7-12H2,(H,22,23). The van der Waals surface area contributed by atoms with Gasteiger partial charge in [-0.25, -0.2) is 4.79 Å². The van der Waals surface area contributed by atoms with Gasteiger partial charge in [-0.15, -0.1) is 0 Å². The van der Waals surface area contributed by atoms with Gasteiger partial charge < -0.3 is 25.1 Å². The highest BCUT2D eigenvalue weighted by Crippen LogP contribution is 2.38. The Morgan fingerprint density at radius 1 is 1.21 bits per heavy atom. The third kappa shape index (κ3) is 2.73. The first-order valence-corrected chi connectivity index (χ1v) is 8.30. The van der Waals surface area contributed by atoms with Crippen LogP contribution in [0.2, 0.25) is 0 Å². The summed E-state index contributed by atoms with van der Waals surface area (Å²) in [5.41, 5.74) is 2.33. The van der Waals surface area contributed by atoms with E-state index in [0.717, 1.165) is 43.9 Å². The van der Waals surface area contributed by atoms with Crippen molar-refractivity contribution in [3.8, 4) is 0 Å². The number of nitrogens with one attached hydrogen (secondary N) is 2. The van der Waals surface area contributed by atoms with Gasteiger partial charge in [0.05, 0.1) is 23.5 Å². The number of benzene rings is 1. The highest BCUT2D eigenvalue weighted by atomic mass is 16.4. The van der Waals surface area contributed by atoms with Crippen molar-refractivity contribution in [3.63, 3.8) is 0 Å². The number of rotatable bonds is 3. The van der Waals surface area contributed by atoms with Crippen LogP contribution in [0.25, 0.3) is 0 Å². The normalized spacial score (nSPS) is 18.9. The van der Waals surface area contributed by atoms with Crippen LogP contribution >= 0.6 is 0 Å². The molecule has 0 bridgehead atoms. The summed E-state index contributed by atoms with van der Waals surface area (Å²) in [5.74, 6) is -0.366. The number of anilines is 2. The number of hydrogen-bond acceptors (Lipinski definition) is 5. The molecule has 1 aromatic heterocycles. The molecule has 1 spiro atoms. The molecule has 0 radical (unpaired) electrons. The number of aromatic carboxylic acids is 1. The second-order valence-electron chi connectivity index (χ2n) is 6.60. The largest absolute Gasteiger partial charge is 0.475 e. The fourth-order valence-corrected chi connectivity index (χ4v) is 3.73. The highest BCUT2D eigenvalue weighted by Gasteiger charge is 2.38. The van der Waals surface area contributed by atoms with Crippen molar-refractivity contribution in [3.05, 3.63) is 47.9 Å². The zero-order chi connectivity index (χ0) is 16.6. The molecule has 2 aliphatic rings. The van der Waals surface area contributed by atoms with Gasteiger partial charge in [0, 0.05) is 6.54 Å². The maximum Gasteiger partial charge on any atom is 0.371 e. The summed E-state index contributed by atoms with van der Waals surface area (Å²) in [4.78, 5) is 13.3. The van der Waals surface area contributed by atoms with Crippen LogP contribution in [0.3, 0.4) is 0 Å². The molecule has 6 heteroatoms. The first kappa shape index (κ1) is 15.1. The van der Waals surface area contributed by atoms with Crippen LogP contribution < -0.4 is 15.5 Å². The average molecular weight is 327 g/mol. The molecule has 3 N–H and O–H groups in total. The minimum absolute atomic E-state index is 0.00926. The van der Waals surface area contributed by atoms with Crippen LogP contribution in [0.1, 0.15) is 29.2 Å². The lowest BCUT2D eigenvalue weighted by Gasteiger charge is -2.47. The van der Waals surface area contributed by atoms with Crippen molar-refractivity contribution >= 4 is 17.3 Å². The number of para-hydroxylation sites is 2. The van der Waals surface area contributed by atoms with Crippen molar-refractivity contribution in [1.29, 1.82) is 0 Å². The van der Waals surface area contributed by atoms with E-state index in [0.29, 0.717) is 12.3 Å². The average Bonchev–Trinajstić information content (AvgIpc) is 3.04. The zero-order valence-electron chi connectivity index (χ0n) is 13.4. The molecule has 0 saturated carbocycles. The minimum atomic E-state index is -1.03. The zero-order valence-corrected chi connectivity index (χ0v) is 13.4. The number of carboxylic acids is 1. The third-order valence-electron chi connectivity index (χ3n) is 4.92. The third-order valence-corrected chi connectivity index (χ3v) is 4.92. The maximum absolute atomic E-state index is 11.0. The van der Waals surface area contributed by atoms with Crippen LogP contribution in [-0.2, 0) is 6.54 Å². The summed E-state index contributed by atoms with van der Waals surface area (Å²) in [6.07, 6.45) is 2.13. The summed E-state index contributed by atoms with van der Waals surface area (Å²) in [5, 5.41) is 16.2. The molecule has 0 unspecified atom stereocenters. The summed E-state index contributed by atoms with van der Waals surface area (Å²) < 4.78 is 5.46. The van der Waals surface area contributed by atoms with Crippen molar-refractivity contribution in [2.24, 2.45) is 0 Å². The van der Waals surface area contributed by atoms with Crippen molar-refractivity contribution in [2.75, 3.05) is 29.9 Å². The number of hydrogen-bond donors (Lipinski definition) is 3. The van der Waals surface area contributed by atoms with Crippen molar-refractivity contribution < 1.29 is 14.3 Å². The van der Waals surface area contributed by atoms with Crippen LogP contribution in [0.15, 0.2) is 40.8 Å². The van der Waals surface area contributed by atoms with E-state index in [1.165, 1.54) is 6.07 Å². The number of carboxylic acid groups (broad SMARTS) is 1. The Bertz CT molecular complexity index is 749. The number of fused-ring (bicyclic) bond motifs is 1. The van der Waals surface area contributed by atoms with Gasteiger partial charge in [-0.2, -0.15) is 0 Å². The van der Waals surface area contributed by atoms with Gasteiger partial charge in [0.1, 0.15) is 5.76 Å². The van der Waals surface area contributed by atoms with E-state index < -0.39 is 5.97 Å². The summed E-state index contributed by atoms with van der Waals surface area (Å²) in [6, 6.07) is 11.5. The Morgan fingerprint density at radius 3 is 2.75 bits per heavy atom. The molecular formula is C18H21N3O3. The van der Waals surface area contributed by atoms with Crippen LogP contribution in [0.4, 0.5) is 11.4 Å². The fraction of sp³-hybridized carbons (Fsp3) is 0.389. The van der Waals surface area contributed by atoms with E-state index in [1.807, 2.05) is 12.1 Å². The molecule has 0 atom stereocenters. The predicted octanol–water partition coefficient (Wildman–Crippen LogP) is 2.53. The van der Waals surface area contributed by atoms with E-state index in [4.69, 9.17) is 9.52 Å². The van der Waals surface area contributed by atoms with Gasteiger partial charge in [-0.1, -0.05) is 12.1 Å². The lowest BCUT2D eigenvalue weighted by Crippen LogP contribution is -2.57. The highest BCUT2D eigenvalue weighted by molar-refractivity contribution is 5.84. The predicted molar refractivity (Wildman–Crippen MR) is 91.6 cm³/mol. The lowest BCUT2D eigenvalue weighted by atomic mass is 9.85. The Morgan fingerprint density at radius 2 is 2.00 bits per heavy atom. The number of piperidine rings is 1. The van der Waals surface area contributed by atoms with Gasteiger partial charge in [-0.3, -0.25) is 0 Å². The lowest BCUT2D eigenvalue weighted by molar-refractivity contribution is 0.0660. The molecule has 3 heterocycles. The van der Waals surface area contributed by atoms with E-state index in [9.17, 15) is 4.79 Å². The summed E-state index contributed by atoms with van der Waals surface area (Å²) in [6.45, 7) is 3.47. The van der Waals surface area contributed by atoms with Crippen molar-refractivity contribution in [2.45, 2.75) is 24.9 Å². The van der Waals surface area contributed by atoms with Crippen LogP contribution in [-0.4, -0.2) is 36.2 Å². The van der Waals surface area contributed by atoms with E-state index in [1.54, 1.807) is 6.07 Å². The molecule has 126 valence electrons. The van der Waals surface area contributed by atoms with Gasteiger partial charge in [0.15, 0.2) is 0 Å². The monoisotopic (exact) mass is 327 g/mol. The van der Waals surface area contributed by atoms with Crippen LogP contribution in [0, 0.1) is 0 Å². The van der Waals surface area contributed by atoms with E-state index >= 15 is 0 Å². The first-order valence-electron chi connectivity index (χ1n) is 8.30. The van der Waals surface area contributed by atoms with Gasteiger partial charge in [0.2, 0.25) is 5.76 Å². The molecule has 1 aromatic carbocycles. The van der Waals surface area contributed by atoms with E-state index in [2.05, 4.69) is 27.7 Å². The quantitative estimate of drug-likeness (QED) is 0.804. The maximum atomic E-state index is 11.0. The second kappa shape index (κ2) is 5.87.